The Kier molecular flexibility index (Phi) is 3.73. The van der Waals surface area contributed by atoms with E-state index in [1.807, 2.05) is 24.3 Å². The number of carboxylic acid groups (broad SMARTS) is 1. The molecule has 0 atom stereocenters. The van der Waals surface area contributed by atoms with Crippen LogP contribution in [-0.4, -0.2) is 20.6 Å². The van der Waals surface area contributed by atoms with Crippen molar-refractivity contribution in [3.05, 3.63) is 39.6 Å². The molecule has 0 saturated carbocycles. The Bertz CT molecular complexity index is 610. The van der Waals surface area contributed by atoms with E-state index in [4.69, 9.17) is 16.7 Å². The number of carbonyl (C=O) groups is 1. The van der Waals surface area contributed by atoms with Gasteiger partial charge in [0.1, 0.15) is 11.0 Å². The molecule has 0 bridgehead atoms. The Morgan fingerprint density at radius 3 is 2.89 bits per heavy atom. The van der Waals surface area contributed by atoms with Gasteiger partial charge < -0.3 is 9.67 Å². The molecule has 1 aromatic heterocycles. The van der Waals surface area contributed by atoms with Gasteiger partial charge in [0.25, 0.3) is 0 Å². The maximum Gasteiger partial charge on any atom is 0.309 e. The van der Waals surface area contributed by atoms with Crippen LogP contribution in [0.1, 0.15) is 5.69 Å². The number of halogens is 2. The number of hydrogen-bond donors (Lipinski definition) is 1. The van der Waals surface area contributed by atoms with Gasteiger partial charge in [-0.1, -0.05) is 39.7 Å². The number of imidazole rings is 1. The molecule has 0 amide bonds. The first kappa shape index (κ1) is 13.1. The third-order valence-electron chi connectivity index (χ3n) is 2.49. The number of nitrogens with zero attached hydrogens (tertiary/aromatic N) is 2. The van der Waals surface area contributed by atoms with Crippen molar-refractivity contribution < 1.29 is 9.90 Å². The molecule has 0 aliphatic rings. The number of benzene rings is 1. The fourth-order valence-corrected chi connectivity index (χ4v) is 2.27. The molecule has 0 spiro atoms. The van der Waals surface area contributed by atoms with E-state index in [1.54, 1.807) is 11.6 Å². The Morgan fingerprint density at radius 1 is 1.56 bits per heavy atom. The van der Waals surface area contributed by atoms with Gasteiger partial charge in [-0.3, -0.25) is 4.79 Å². The number of hydrogen-bond acceptors (Lipinski definition) is 2. The lowest BCUT2D eigenvalue weighted by atomic mass is 10.2. The van der Waals surface area contributed by atoms with Crippen LogP contribution < -0.4 is 0 Å². The van der Waals surface area contributed by atoms with Gasteiger partial charge in [-0.15, -0.1) is 0 Å². The molecule has 1 aromatic carbocycles. The van der Waals surface area contributed by atoms with Gasteiger partial charge in [-0.2, -0.15) is 0 Å². The highest BCUT2D eigenvalue weighted by molar-refractivity contribution is 9.10. The summed E-state index contributed by atoms with van der Waals surface area (Å²) in [6, 6.07) is 7.60. The topological polar surface area (TPSA) is 55.1 Å². The predicted molar refractivity (Wildman–Crippen MR) is 72.7 cm³/mol. The molecule has 1 N–H and O–H groups in total. The van der Waals surface area contributed by atoms with Crippen molar-refractivity contribution in [2.45, 2.75) is 6.42 Å². The molecule has 1 heterocycles. The van der Waals surface area contributed by atoms with Gasteiger partial charge in [0.15, 0.2) is 0 Å². The van der Waals surface area contributed by atoms with E-state index in [0.29, 0.717) is 16.7 Å². The highest BCUT2D eigenvalue weighted by Crippen LogP contribution is 2.26. The van der Waals surface area contributed by atoms with E-state index in [2.05, 4.69) is 20.9 Å². The van der Waals surface area contributed by atoms with Crippen LogP contribution in [0, 0.1) is 0 Å². The standard InChI is InChI=1S/C12H10BrClN2O2/c1-16-11(14)9(6-10(17)18)15-12(16)7-3-2-4-8(13)5-7/h2-5H,6H2,1H3,(H,17,18). The summed E-state index contributed by atoms with van der Waals surface area (Å²) >= 11 is 9.46. The van der Waals surface area contributed by atoms with E-state index >= 15 is 0 Å². The maximum absolute atomic E-state index is 10.7. The molecule has 0 aliphatic carbocycles. The first-order valence-electron chi connectivity index (χ1n) is 5.18. The Morgan fingerprint density at radius 2 is 2.28 bits per heavy atom. The van der Waals surface area contributed by atoms with Crippen LogP contribution >= 0.6 is 27.5 Å². The Hall–Kier alpha value is -1.33. The molecule has 6 heteroatoms. The molecule has 94 valence electrons. The Balaban J connectivity index is 2.49. The van der Waals surface area contributed by atoms with Crippen LogP contribution in [-0.2, 0) is 18.3 Å². The molecular weight excluding hydrogens is 320 g/mol. The molecule has 0 aliphatic heterocycles. The van der Waals surface area contributed by atoms with Gasteiger partial charge in [0.05, 0.1) is 12.1 Å². The summed E-state index contributed by atoms with van der Waals surface area (Å²) in [5, 5.41) is 9.14. The minimum absolute atomic E-state index is 0.180. The lowest BCUT2D eigenvalue weighted by Gasteiger charge is -2.02. The average molecular weight is 330 g/mol. The highest BCUT2D eigenvalue weighted by Gasteiger charge is 2.16. The predicted octanol–water partition coefficient (Wildman–Crippen LogP) is 3.13. The van der Waals surface area contributed by atoms with Gasteiger partial charge in [-0.25, -0.2) is 4.98 Å². The lowest BCUT2D eigenvalue weighted by Crippen LogP contribution is -2.01. The summed E-state index contributed by atoms with van der Waals surface area (Å²) in [4.78, 5) is 15.0. The molecule has 18 heavy (non-hydrogen) atoms. The van der Waals surface area contributed by atoms with E-state index in [1.165, 1.54) is 0 Å². The van der Waals surface area contributed by atoms with E-state index in [-0.39, 0.29) is 6.42 Å². The molecule has 4 nitrogen and oxygen atoms in total. The largest absolute Gasteiger partial charge is 0.481 e. The molecule has 0 fully saturated rings. The van der Waals surface area contributed by atoms with Crippen molar-refractivity contribution >= 4 is 33.5 Å². The first-order valence-corrected chi connectivity index (χ1v) is 6.35. The van der Waals surface area contributed by atoms with Crippen molar-refractivity contribution in [2.24, 2.45) is 7.05 Å². The van der Waals surface area contributed by atoms with Crippen LogP contribution in [0.5, 0.6) is 0 Å². The van der Waals surface area contributed by atoms with Crippen LogP contribution in [0.4, 0.5) is 0 Å². The van der Waals surface area contributed by atoms with Gasteiger partial charge in [0, 0.05) is 17.1 Å². The normalized spacial score (nSPS) is 10.6. The molecule has 0 saturated heterocycles. The number of aromatic nitrogens is 2. The van der Waals surface area contributed by atoms with E-state index in [9.17, 15) is 4.79 Å². The fourth-order valence-electron chi connectivity index (χ4n) is 1.68. The highest BCUT2D eigenvalue weighted by atomic mass is 79.9. The van der Waals surface area contributed by atoms with Gasteiger partial charge in [0.2, 0.25) is 0 Å². The van der Waals surface area contributed by atoms with Crippen LogP contribution in [0.2, 0.25) is 5.15 Å². The average Bonchev–Trinajstić information content (AvgIpc) is 2.57. The lowest BCUT2D eigenvalue weighted by molar-refractivity contribution is -0.136. The second kappa shape index (κ2) is 5.12. The van der Waals surface area contributed by atoms with E-state index < -0.39 is 5.97 Å². The minimum atomic E-state index is -0.948. The molecule has 0 radical (unpaired) electrons. The van der Waals surface area contributed by atoms with Crippen molar-refractivity contribution in [2.75, 3.05) is 0 Å². The van der Waals surface area contributed by atoms with Crippen molar-refractivity contribution in [1.29, 1.82) is 0 Å². The molecule has 2 aromatic rings. The molecule has 2 rings (SSSR count). The van der Waals surface area contributed by atoms with Crippen molar-refractivity contribution in [1.82, 2.24) is 9.55 Å². The summed E-state index contributed by atoms with van der Waals surface area (Å²) in [6.45, 7) is 0. The summed E-state index contributed by atoms with van der Waals surface area (Å²) in [6.07, 6.45) is -0.180. The SMILES string of the molecule is Cn1c(-c2cccc(Br)c2)nc(CC(=O)O)c1Cl. The zero-order valence-electron chi connectivity index (χ0n) is 9.52. The Labute approximate surface area is 117 Å². The minimum Gasteiger partial charge on any atom is -0.481 e. The van der Waals surface area contributed by atoms with Crippen molar-refractivity contribution in [3.63, 3.8) is 0 Å². The first-order chi connectivity index (χ1) is 8.49. The summed E-state index contributed by atoms with van der Waals surface area (Å²) in [5.41, 5.74) is 1.26. The zero-order valence-corrected chi connectivity index (χ0v) is 11.9. The second-order valence-corrected chi connectivity index (χ2v) is 5.09. The quantitative estimate of drug-likeness (QED) is 0.941. The van der Waals surface area contributed by atoms with Crippen molar-refractivity contribution in [3.8, 4) is 11.4 Å². The summed E-state index contributed by atoms with van der Waals surface area (Å²) < 4.78 is 2.61. The smallest absolute Gasteiger partial charge is 0.309 e. The maximum atomic E-state index is 10.7. The van der Waals surface area contributed by atoms with Crippen LogP contribution in [0.3, 0.4) is 0 Å². The van der Waals surface area contributed by atoms with Crippen LogP contribution in [0.25, 0.3) is 11.4 Å². The monoisotopic (exact) mass is 328 g/mol. The molecule has 0 unspecified atom stereocenters. The van der Waals surface area contributed by atoms with Gasteiger partial charge >= 0.3 is 5.97 Å². The third-order valence-corrected chi connectivity index (χ3v) is 3.46. The van der Waals surface area contributed by atoms with Crippen LogP contribution in [0.15, 0.2) is 28.7 Å². The summed E-state index contributed by atoms with van der Waals surface area (Å²) in [5.74, 6) is -0.298. The number of aliphatic carboxylic acids is 1. The molecular formula is C12H10BrClN2O2. The van der Waals surface area contributed by atoms with E-state index in [0.717, 1.165) is 10.0 Å². The number of carboxylic acids is 1. The fraction of sp³-hybridized carbons (Fsp3) is 0.167. The summed E-state index contributed by atoms with van der Waals surface area (Å²) in [7, 11) is 1.76. The second-order valence-electron chi connectivity index (χ2n) is 3.81. The third kappa shape index (κ3) is 2.57. The number of rotatable bonds is 3. The zero-order chi connectivity index (χ0) is 13.3. The van der Waals surface area contributed by atoms with Gasteiger partial charge in [-0.05, 0) is 12.1 Å².